The second-order valence-electron chi connectivity index (χ2n) is 4.58. The SMILES string of the molecule is C#Cc1cccc(NCc2ccc(C(N)=O)cc2C)c1. The highest BCUT2D eigenvalue weighted by molar-refractivity contribution is 5.93. The number of hydrogen-bond acceptors (Lipinski definition) is 2. The summed E-state index contributed by atoms with van der Waals surface area (Å²) in [4.78, 5) is 11.1. The number of nitrogens with two attached hydrogens (primary N) is 1. The van der Waals surface area contributed by atoms with E-state index in [1.54, 1.807) is 12.1 Å². The summed E-state index contributed by atoms with van der Waals surface area (Å²) >= 11 is 0. The van der Waals surface area contributed by atoms with Gasteiger partial charge in [-0.15, -0.1) is 6.42 Å². The molecule has 3 heteroatoms. The number of amides is 1. The number of nitrogens with one attached hydrogen (secondary N) is 1. The molecule has 2 aromatic carbocycles. The Morgan fingerprint density at radius 3 is 2.75 bits per heavy atom. The van der Waals surface area contributed by atoms with Crippen LogP contribution in [0.2, 0.25) is 0 Å². The molecule has 3 N–H and O–H groups in total. The van der Waals surface area contributed by atoms with Crippen molar-refractivity contribution in [2.45, 2.75) is 13.5 Å². The van der Waals surface area contributed by atoms with Crippen LogP contribution >= 0.6 is 0 Å². The van der Waals surface area contributed by atoms with Crippen molar-refractivity contribution >= 4 is 11.6 Å². The predicted molar refractivity (Wildman–Crippen MR) is 81.4 cm³/mol. The minimum absolute atomic E-state index is 0.408. The lowest BCUT2D eigenvalue weighted by Gasteiger charge is -2.10. The third kappa shape index (κ3) is 3.18. The normalized spacial score (nSPS) is 9.80. The monoisotopic (exact) mass is 264 g/mol. The molecule has 3 nitrogen and oxygen atoms in total. The van der Waals surface area contributed by atoms with E-state index in [9.17, 15) is 4.79 Å². The topological polar surface area (TPSA) is 55.1 Å². The first kappa shape index (κ1) is 13.7. The van der Waals surface area contributed by atoms with Crippen molar-refractivity contribution in [3.05, 3.63) is 64.7 Å². The van der Waals surface area contributed by atoms with Crippen molar-refractivity contribution in [1.29, 1.82) is 0 Å². The lowest BCUT2D eigenvalue weighted by molar-refractivity contribution is 0.1000. The number of anilines is 1. The molecule has 2 aromatic rings. The van der Waals surface area contributed by atoms with Crippen LogP contribution < -0.4 is 11.1 Å². The summed E-state index contributed by atoms with van der Waals surface area (Å²) in [5.41, 5.74) is 9.74. The van der Waals surface area contributed by atoms with Gasteiger partial charge in [0.1, 0.15) is 0 Å². The average Bonchev–Trinajstić information content (AvgIpc) is 2.46. The van der Waals surface area contributed by atoms with E-state index in [4.69, 9.17) is 12.2 Å². The number of rotatable bonds is 4. The Balaban J connectivity index is 2.11. The maximum Gasteiger partial charge on any atom is 0.248 e. The summed E-state index contributed by atoms with van der Waals surface area (Å²) in [6, 6.07) is 13.1. The van der Waals surface area contributed by atoms with E-state index in [1.165, 1.54) is 0 Å². The number of carbonyl (C=O) groups excluding carboxylic acids is 1. The number of terminal acetylenes is 1. The van der Waals surface area contributed by atoms with Gasteiger partial charge in [-0.25, -0.2) is 0 Å². The summed E-state index contributed by atoms with van der Waals surface area (Å²) < 4.78 is 0. The Hall–Kier alpha value is -2.73. The Morgan fingerprint density at radius 1 is 1.30 bits per heavy atom. The van der Waals surface area contributed by atoms with Crippen molar-refractivity contribution in [1.82, 2.24) is 0 Å². The molecular weight excluding hydrogens is 248 g/mol. The van der Waals surface area contributed by atoms with Crippen LogP contribution in [0.1, 0.15) is 27.0 Å². The van der Waals surface area contributed by atoms with Crippen molar-refractivity contribution < 1.29 is 4.79 Å². The maximum absolute atomic E-state index is 11.1. The zero-order valence-electron chi connectivity index (χ0n) is 11.3. The fourth-order valence-corrected chi connectivity index (χ4v) is 1.96. The molecule has 0 fully saturated rings. The Kier molecular flexibility index (Phi) is 4.07. The maximum atomic E-state index is 11.1. The Labute approximate surface area is 118 Å². The van der Waals surface area contributed by atoms with Crippen molar-refractivity contribution in [2.75, 3.05) is 5.32 Å². The standard InChI is InChI=1S/C17H16N2O/c1-3-13-5-4-6-16(10-13)19-11-15-8-7-14(17(18)20)9-12(15)2/h1,4-10,19H,11H2,2H3,(H2,18,20). The highest BCUT2D eigenvalue weighted by atomic mass is 16.1. The first-order valence-corrected chi connectivity index (χ1v) is 6.30. The number of carbonyl (C=O) groups is 1. The van der Waals surface area contributed by atoms with Gasteiger partial charge in [0.25, 0.3) is 0 Å². The van der Waals surface area contributed by atoms with E-state index in [0.29, 0.717) is 12.1 Å². The molecule has 0 aliphatic heterocycles. The van der Waals surface area contributed by atoms with Crippen molar-refractivity contribution in [2.24, 2.45) is 5.73 Å². The predicted octanol–water partition coefficient (Wildman–Crippen LogP) is 2.69. The number of benzene rings is 2. The summed E-state index contributed by atoms with van der Waals surface area (Å²) in [5.74, 6) is 2.20. The van der Waals surface area contributed by atoms with Gasteiger partial charge in [0.2, 0.25) is 5.91 Å². The Morgan fingerprint density at radius 2 is 2.10 bits per heavy atom. The molecule has 2 rings (SSSR count). The molecule has 0 unspecified atom stereocenters. The zero-order chi connectivity index (χ0) is 14.5. The molecule has 0 bridgehead atoms. The molecule has 0 spiro atoms. The van der Waals surface area contributed by atoms with Crippen LogP contribution in [-0.2, 0) is 6.54 Å². The van der Waals surface area contributed by atoms with Gasteiger partial charge in [-0.3, -0.25) is 4.79 Å². The smallest absolute Gasteiger partial charge is 0.248 e. The van der Waals surface area contributed by atoms with Gasteiger partial charge < -0.3 is 11.1 Å². The van der Waals surface area contributed by atoms with Crippen LogP contribution in [-0.4, -0.2) is 5.91 Å². The van der Waals surface area contributed by atoms with E-state index in [0.717, 1.165) is 22.4 Å². The second kappa shape index (κ2) is 5.94. The van der Waals surface area contributed by atoms with E-state index in [2.05, 4.69) is 11.2 Å². The summed E-state index contributed by atoms with van der Waals surface area (Å²) in [5, 5.41) is 3.31. The molecule has 1 amide bonds. The zero-order valence-corrected chi connectivity index (χ0v) is 11.3. The van der Waals surface area contributed by atoms with Crippen molar-refractivity contribution in [3.63, 3.8) is 0 Å². The number of primary amides is 1. The lowest BCUT2D eigenvalue weighted by atomic mass is 10.0. The molecule has 0 aliphatic carbocycles. The van der Waals surface area contributed by atoms with Crippen LogP contribution in [0.3, 0.4) is 0 Å². The lowest BCUT2D eigenvalue weighted by Crippen LogP contribution is -2.11. The first-order chi connectivity index (χ1) is 9.60. The van der Waals surface area contributed by atoms with Gasteiger partial charge in [-0.05, 0) is 48.4 Å². The van der Waals surface area contributed by atoms with Gasteiger partial charge in [0.05, 0.1) is 0 Å². The van der Waals surface area contributed by atoms with Crippen LogP contribution in [0, 0.1) is 19.3 Å². The van der Waals surface area contributed by atoms with Crippen LogP contribution in [0.25, 0.3) is 0 Å². The molecule has 0 aliphatic rings. The molecule has 0 saturated heterocycles. The minimum Gasteiger partial charge on any atom is -0.381 e. The molecule has 0 heterocycles. The average molecular weight is 264 g/mol. The van der Waals surface area contributed by atoms with Gasteiger partial charge in [-0.1, -0.05) is 18.1 Å². The Bertz CT molecular complexity index is 684. The van der Waals surface area contributed by atoms with Gasteiger partial charge in [-0.2, -0.15) is 0 Å². The fourth-order valence-electron chi connectivity index (χ4n) is 1.96. The second-order valence-corrected chi connectivity index (χ2v) is 4.58. The molecule has 0 aromatic heterocycles. The molecule has 0 atom stereocenters. The molecule has 100 valence electrons. The van der Waals surface area contributed by atoms with Gasteiger partial charge in [0, 0.05) is 23.4 Å². The molecular formula is C17H16N2O. The van der Waals surface area contributed by atoms with E-state index in [1.807, 2.05) is 37.3 Å². The largest absolute Gasteiger partial charge is 0.381 e. The molecule has 0 radical (unpaired) electrons. The third-order valence-corrected chi connectivity index (χ3v) is 3.14. The van der Waals surface area contributed by atoms with Crippen LogP contribution in [0.15, 0.2) is 42.5 Å². The van der Waals surface area contributed by atoms with E-state index < -0.39 is 5.91 Å². The third-order valence-electron chi connectivity index (χ3n) is 3.14. The fraction of sp³-hybridized carbons (Fsp3) is 0.118. The van der Waals surface area contributed by atoms with Crippen LogP contribution in [0.5, 0.6) is 0 Å². The van der Waals surface area contributed by atoms with Gasteiger partial charge >= 0.3 is 0 Å². The van der Waals surface area contributed by atoms with Gasteiger partial charge in [0.15, 0.2) is 0 Å². The highest BCUT2D eigenvalue weighted by Gasteiger charge is 2.04. The van der Waals surface area contributed by atoms with E-state index in [-0.39, 0.29) is 0 Å². The summed E-state index contributed by atoms with van der Waals surface area (Å²) in [7, 11) is 0. The number of hydrogen-bond donors (Lipinski definition) is 2. The summed E-state index contributed by atoms with van der Waals surface area (Å²) in [6.45, 7) is 2.63. The van der Waals surface area contributed by atoms with E-state index >= 15 is 0 Å². The van der Waals surface area contributed by atoms with Crippen LogP contribution in [0.4, 0.5) is 5.69 Å². The highest BCUT2D eigenvalue weighted by Crippen LogP contribution is 2.15. The number of aryl methyl sites for hydroxylation is 1. The minimum atomic E-state index is -0.408. The summed E-state index contributed by atoms with van der Waals surface area (Å²) in [6.07, 6.45) is 5.37. The molecule has 0 saturated carbocycles. The quantitative estimate of drug-likeness (QED) is 0.834. The molecule has 20 heavy (non-hydrogen) atoms. The van der Waals surface area contributed by atoms with Crippen molar-refractivity contribution in [3.8, 4) is 12.3 Å². The first-order valence-electron chi connectivity index (χ1n) is 6.30.